The van der Waals surface area contributed by atoms with Gasteiger partial charge in [-0.15, -0.1) is 0 Å². The van der Waals surface area contributed by atoms with Gasteiger partial charge in [-0.3, -0.25) is 9.52 Å². The van der Waals surface area contributed by atoms with Crippen molar-refractivity contribution in [2.75, 3.05) is 19.7 Å². The molecule has 0 radical (unpaired) electrons. The van der Waals surface area contributed by atoms with E-state index in [0.29, 0.717) is 23.9 Å². The van der Waals surface area contributed by atoms with E-state index in [2.05, 4.69) is 22.5 Å². The number of halogens is 1. The number of aromatic nitrogens is 1. The number of thiol groups is 1. The van der Waals surface area contributed by atoms with Crippen LogP contribution in [-0.4, -0.2) is 47.2 Å². The van der Waals surface area contributed by atoms with Gasteiger partial charge < -0.3 is 19.7 Å². The van der Waals surface area contributed by atoms with E-state index >= 15 is 0 Å². The Bertz CT molecular complexity index is 1010. The number of rotatable bonds is 7. The molecule has 8 heteroatoms. The van der Waals surface area contributed by atoms with Crippen molar-refractivity contribution in [2.24, 2.45) is 0 Å². The quantitative estimate of drug-likeness (QED) is 0.342. The van der Waals surface area contributed by atoms with Crippen LogP contribution in [0.15, 0.2) is 42.5 Å². The zero-order chi connectivity index (χ0) is 20.4. The maximum absolute atomic E-state index is 11.8. The number of hydrogen-bond acceptors (Lipinski definition) is 5. The number of hydrogen-bond donors (Lipinski definition) is 4. The first-order valence-electron chi connectivity index (χ1n) is 9.39. The number of nitrogens with one attached hydrogen (secondary N) is 2. The summed E-state index contributed by atoms with van der Waals surface area (Å²) in [5, 5.41) is 11.5. The summed E-state index contributed by atoms with van der Waals surface area (Å²) in [4.78, 5) is 17.0. The van der Waals surface area contributed by atoms with E-state index in [0.717, 1.165) is 35.0 Å². The van der Waals surface area contributed by atoms with Crippen molar-refractivity contribution < 1.29 is 14.6 Å². The molecule has 2 aromatic carbocycles. The Balaban J connectivity index is 1.63. The highest BCUT2D eigenvalue weighted by Crippen LogP contribution is 2.38. The van der Waals surface area contributed by atoms with Crippen LogP contribution < -0.4 is 9.46 Å². The molecule has 6 nitrogen and oxygen atoms in total. The van der Waals surface area contributed by atoms with Crippen molar-refractivity contribution in [3.05, 3.63) is 64.3 Å². The largest absolute Gasteiger partial charge is 0.491 e. The maximum Gasteiger partial charge on any atom is 0.210 e. The number of aliphatic hydroxyl groups excluding tert-OH is 1. The van der Waals surface area contributed by atoms with Gasteiger partial charge in [0.25, 0.3) is 0 Å². The van der Waals surface area contributed by atoms with Crippen molar-refractivity contribution in [1.82, 2.24) is 14.6 Å². The van der Waals surface area contributed by atoms with Crippen LogP contribution in [0.2, 0.25) is 5.02 Å². The molecular formula is C21H22ClN3O3S. The standard InChI is InChI=1S/C21H22ClN3O3S/c22-14-3-6-19-18(9-14)17-7-8-25(12-26)21(20(17)24-19)13-1-4-16(5-2-13)28-11-15(27)10-23-29/h1-6,9,12,15,21,23-24,27,29H,7-8,10-11H2. The highest BCUT2D eigenvalue weighted by Gasteiger charge is 2.31. The molecule has 0 saturated heterocycles. The second-order valence-corrected chi connectivity index (χ2v) is 7.85. The minimum Gasteiger partial charge on any atom is -0.491 e. The van der Waals surface area contributed by atoms with E-state index in [1.165, 1.54) is 5.56 Å². The van der Waals surface area contributed by atoms with E-state index in [1.807, 2.05) is 42.5 Å². The lowest BCUT2D eigenvalue weighted by atomic mass is 9.93. The molecule has 3 N–H and O–H groups in total. The predicted octanol–water partition coefficient (Wildman–Crippen LogP) is 3.10. The topological polar surface area (TPSA) is 77.6 Å². The first kappa shape index (κ1) is 20.1. The van der Waals surface area contributed by atoms with Gasteiger partial charge in [0.2, 0.25) is 6.41 Å². The molecular weight excluding hydrogens is 410 g/mol. The molecule has 2 atom stereocenters. The summed E-state index contributed by atoms with van der Waals surface area (Å²) in [6.07, 6.45) is 1.04. The Hall–Kier alpha value is -2.19. The molecule has 29 heavy (non-hydrogen) atoms. The Kier molecular flexibility index (Phi) is 6.01. The molecule has 2 unspecified atom stereocenters. The molecule has 1 aliphatic rings. The van der Waals surface area contributed by atoms with E-state index in [9.17, 15) is 9.90 Å². The van der Waals surface area contributed by atoms with Crippen LogP contribution in [0, 0.1) is 0 Å². The van der Waals surface area contributed by atoms with Crippen molar-refractivity contribution in [2.45, 2.75) is 18.6 Å². The average molecular weight is 432 g/mol. The molecule has 1 amide bonds. The molecule has 2 heterocycles. The Morgan fingerprint density at radius 2 is 2.14 bits per heavy atom. The summed E-state index contributed by atoms with van der Waals surface area (Å²) in [6.45, 7) is 1.15. The van der Waals surface area contributed by atoms with Gasteiger partial charge in [0.05, 0.1) is 6.04 Å². The molecule has 1 aliphatic heterocycles. The number of benzene rings is 2. The molecule has 0 aliphatic carbocycles. The Labute approximate surface area is 179 Å². The molecule has 0 spiro atoms. The zero-order valence-corrected chi connectivity index (χ0v) is 17.3. The number of carbonyl (C=O) groups is 1. The first-order valence-corrected chi connectivity index (χ1v) is 10.2. The summed E-state index contributed by atoms with van der Waals surface area (Å²) in [7, 11) is 0. The number of aliphatic hydroxyl groups is 1. The molecule has 152 valence electrons. The third-order valence-electron chi connectivity index (χ3n) is 5.23. The number of carbonyl (C=O) groups excluding carboxylic acids is 1. The van der Waals surface area contributed by atoms with Gasteiger partial charge in [-0.05, 0) is 47.9 Å². The molecule has 4 rings (SSSR count). The summed E-state index contributed by atoms with van der Waals surface area (Å²) in [6, 6.07) is 13.2. The van der Waals surface area contributed by atoms with Crippen LogP contribution in [0.4, 0.5) is 0 Å². The summed E-state index contributed by atoms with van der Waals surface area (Å²) < 4.78 is 8.22. The zero-order valence-electron chi connectivity index (χ0n) is 15.6. The fourth-order valence-corrected chi connectivity index (χ4v) is 4.24. The smallest absolute Gasteiger partial charge is 0.210 e. The van der Waals surface area contributed by atoms with Crippen molar-refractivity contribution in [3.8, 4) is 5.75 Å². The Morgan fingerprint density at radius 3 is 2.86 bits per heavy atom. The Morgan fingerprint density at radius 1 is 1.34 bits per heavy atom. The average Bonchev–Trinajstić information content (AvgIpc) is 3.10. The lowest BCUT2D eigenvalue weighted by molar-refractivity contribution is -0.120. The highest BCUT2D eigenvalue weighted by molar-refractivity contribution is 7.78. The summed E-state index contributed by atoms with van der Waals surface area (Å²) >= 11 is 10.1. The van der Waals surface area contributed by atoms with E-state index in [-0.39, 0.29) is 12.6 Å². The number of aromatic amines is 1. The first-order chi connectivity index (χ1) is 14.1. The van der Waals surface area contributed by atoms with Gasteiger partial charge >= 0.3 is 0 Å². The van der Waals surface area contributed by atoms with Gasteiger partial charge in [0.1, 0.15) is 18.5 Å². The van der Waals surface area contributed by atoms with Crippen LogP contribution in [0.5, 0.6) is 5.75 Å². The minimum absolute atomic E-state index is 0.170. The van der Waals surface area contributed by atoms with Crippen LogP contribution >= 0.6 is 24.4 Å². The lowest BCUT2D eigenvalue weighted by Gasteiger charge is -2.33. The van der Waals surface area contributed by atoms with Crippen molar-refractivity contribution in [3.63, 3.8) is 0 Å². The molecule has 0 saturated carbocycles. The van der Waals surface area contributed by atoms with Gasteiger partial charge in [0.15, 0.2) is 0 Å². The van der Waals surface area contributed by atoms with Gasteiger partial charge in [0, 0.05) is 34.7 Å². The van der Waals surface area contributed by atoms with E-state index < -0.39 is 6.10 Å². The number of H-pyrrole nitrogens is 1. The third kappa shape index (κ3) is 4.09. The monoisotopic (exact) mass is 431 g/mol. The number of amides is 1. The van der Waals surface area contributed by atoms with E-state index in [4.69, 9.17) is 16.3 Å². The highest BCUT2D eigenvalue weighted by atomic mass is 35.5. The lowest BCUT2D eigenvalue weighted by Crippen LogP contribution is -2.35. The summed E-state index contributed by atoms with van der Waals surface area (Å²) in [5.74, 6) is 0.657. The number of nitrogens with zero attached hydrogens (tertiary/aromatic N) is 1. The van der Waals surface area contributed by atoms with Crippen molar-refractivity contribution >= 4 is 41.7 Å². The fraction of sp³-hybridized carbons (Fsp3) is 0.286. The molecule has 3 aromatic rings. The summed E-state index contributed by atoms with van der Waals surface area (Å²) in [5.41, 5.74) is 4.22. The van der Waals surface area contributed by atoms with Crippen LogP contribution in [0.25, 0.3) is 10.9 Å². The van der Waals surface area contributed by atoms with Gasteiger partial charge in [-0.25, -0.2) is 0 Å². The second kappa shape index (κ2) is 8.67. The second-order valence-electron chi connectivity index (χ2n) is 7.10. The van der Waals surface area contributed by atoms with Crippen LogP contribution in [-0.2, 0) is 11.2 Å². The molecule has 0 bridgehead atoms. The minimum atomic E-state index is -0.642. The van der Waals surface area contributed by atoms with E-state index in [1.54, 1.807) is 4.90 Å². The predicted molar refractivity (Wildman–Crippen MR) is 117 cm³/mol. The number of ether oxygens (including phenoxy) is 1. The normalized spacial score (nSPS) is 17.2. The SMILES string of the molecule is O=CN1CCc2c([nH]c3ccc(Cl)cc23)C1c1ccc(OCC(O)CNS)cc1. The van der Waals surface area contributed by atoms with Crippen LogP contribution in [0.3, 0.4) is 0 Å². The van der Waals surface area contributed by atoms with Crippen molar-refractivity contribution in [1.29, 1.82) is 0 Å². The van der Waals surface area contributed by atoms with Gasteiger partial charge in [-0.1, -0.05) is 36.5 Å². The third-order valence-corrected chi connectivity index (χ3v) is 5.64. The number of fused-ring (bicyclic) bond motifs is 3. The maximum atomic E-state index is 11.8. The molecule has 0 fully saturated rings. The van der Waals surface area contributed by atoms with Gasteiger partial charge in [-0.2, -0.15) is 0 Å². The van der Waals surface area contributed by atoms with Crippen LogP contribution in [0.1, 0.15) is 22.9 Å². The molecule has 1 aromatic heterocycles. The fourth-order valence-electron chi connectivity index (χ4n) is 3.85.